The van der Waals surface area contributed by atoms with E-state index in [0.717, 1.165) is 27.4 Å². The minimum atomic E-state index is -0.440. The third kappa shape index (κ3) is 5.58. The van der Waals surface area contributed by atoms with Crippen LogP contribution in [0.2, 0.25) is 0 Å². The number of amides is 2. The van der Waals surface area contributed by atoms with Gasteiger partial charge in [0.05, 0.1) is 18.3 Å². The van der Waals surface area contributed by atoms with E-state index >= 15 is 0 Å². The van der Waals surface area contributed by atoms with Crippen LogP contribution in [0.25, 0.3) is 0 Å². The van der Waals surface area contributed by atoms with E-state index < -0.39 is 6.04 Å². The Labute approximate surface area is 165 Å². The molecule has 2 amide bonds. The molecule has 2 aromatic carbocycles. The summed E-state index contributed by atoms with van der Waals surface area (Å²) in [5.41, 5.74) is 3.77. The first kappa shape index (κ1) is 21.0. The van der Waals surface area contributed by atoms with Gasteiger partial charge in [-0.2, -0.15) is 0 Å². The van der Waals surface area contributed by atoms with Gasteiger partial charge < -0.3 is 10.6 Å². The molecule has 2 aromatic rings. The van der Waals surface area contributed by atoms with Crippen LogP contribution in [-0.4, -0.2) is 42.6 Å². The molecule has 0 aliphatic carbocycles. The molecule has 2 N–H and O–H groups in total. The molecule has 0 aliphatic heterocycles. The maximum atomic E-state index is 12.6. The average Bonchev–Trinajstić information content (AvgIpc) is 2.65. The predicted molar refractivity (Wildman–Crippen MR) is 113 cm³/mol. The van der Waals surface area contributed by atoms with Crippen molar-refractivity contribution in [2.45, 2.75) is 31.7 Å². The molecule has 0 saturated carbocycles. The number of aryl methyl sites for hydroxylation is 1. The number of carbonyl (C=O) groups is 2. The second-order valence-corrected chi connectivity index (χ2v) is 7.42. The van der Waals surface area contributed by atoms with Gasteiger partial charge in [-0.05, 0) is 63.4 Å². The molecule has 1 atom stereocenters. The van der Waals surface area contributed by atoms with Crippen LogP contribution in [0.15, 0.2) is 47.4 Å². The summed E-state index contributed by atoms with van der Waals surface area (Å²) >= 11 is 1.58. The van der Waals surface area contributed by atoms with Crippen LogP contribution in [0.1, 0.15) is 18.1 Å². The molecule has 1 unspecified atom stereocenters. The smallest absolute Gasteiger partial charge is 0.241 e. The number of thioether (sulfide) groups is 1. The zero-order valence-corrected chi connectivity index (χ0v) is 17.3. The molecule has 2 rings (SSSR count). The minimum Gasteiger partial charge on any atom is -0.325 e. The summed E-state index contributed by atoms with van der Waals surface area (Å²) in [5, 5.41) is 5.88. The number of nitrogens with one attached hydrogen (secondary N) is 2. The molecule has 0 saturated heterocycles. The standard InChI is InChI=1S/C21H27N3O2S/c1-14-9-8-11-17(15(14)2)22-20(25)13-24(4)16(3)21(26)23-18-10-6-7-12-19(18)27-5/h6-12,16H,13H2,1-5H3,(H,22,25)(H,23,26). The van der Waals surface area contributed by atoms with Crippen LogP contribution in [0.4, 0.5) is 11.4 Å². The van der Waals surface area contributed by atoms with Crippen molar-refractivity contribution in [2.24, 2.45) is 0 Å². The number of carbonyl (C=O) groups excluding carboxylic acids is 2. The molecule has 0 fully saturated rings. The van der Waals surface area contributed by atoms with Crippen molar-refractivity contribution in [1.29, 1.82) is 0 Å². The van der Waals surface area contributed by atoms with Crippen LogP contribution < -0.4 is 10.6 Å². The van der Waals surface area contributed by atoms with Crippen molar-refractivity contribution < 1.29 is 9.59 Å². The summed E-state index contributed by atoms with van der Waals surface area (Å²) in [6.45, 7) is 5.91. The van der Waals surface area contributed by atoms with Crippen LogP contribution >= 0.6 is 11.8 Å². The van der Waals surface area contributed by atoms with E-state index in [1.54, 1.807) is 30.6 Å². The molecule has 0 radical (unpaired) electrons. The Balaban J connectivity index is 1.95. The quantitative estimate of drug-likeness (QED) is 0.709. The number of para-hydroxylation sites is 1. The first-order valence-corrected chi connectivity index (χ1v) is 10.1. The number of anilines is 2. The van der Waals surface area contributed by atoms with Gasteiger partial charge in [0, 0.05) is 10.6 Å². The Bertz CT molecular complexity index is 823. The lowest BCUT2D eigenvalue weighted by Crippen LogP contribution is -2.43. The maximum Gasteiger partial charge on any atom is 0.241 e. The van der Waals surface area contributed by atoms with E-state index in [1.807, 2.05) is 62.6 Å². The van der Waals surface area contributed by atoms with E-state index in [2.05, 4.69) is 10.6 Å². The number of likely N-dealkylation sites (N-methyl/N-ethyl adjacent to an activating group) is 1. The molecule has 144 valence electrons. The van der Waals surface area contributed by atoms with Crippen LogP contribution in [0, 0.1) is 13.8 Å². The van der Waals surface area contributed by atoms with Gasteiger partial charge in [-0.1, -0.05) is 24.3 Å². The highest BCUT2D eigenvalue weighted by molar-refractivity contribution is 7.98. The minimum absolute atomic E-state index is 0.131. The normalized spacial score (nSPS) is 11.9. The molecule has 0 heterocycles. The van der Waals surface area contributed by atoms with E-state index in [-0.39, 0.29) is 18.4 Å². The second kappa shape index (κ2) is 9.58. The molecule has 0 aromatic heterocycles. The van der Waals surface area contributed by atoms with Gasteiger partial charge in [0.15, 0.2) is 0 Å². The Morgan fingerprint density at radius 1 is 1.04 bits per heavy atom. The van der Waals surface area contributed by atoms with E-state index in [4.69, 9.17) is 0 Å². The first-order valence-electron chi connectivity index (χ1n) is 8.83. The molecular weight excluding hydrogens is 358 g/mol. The van der Waals surface area contributed by atoms with Crippen molar-refractivity contribution in [3.8, 4) is 0 Å². The average molecular weight is 386 g/mol. The fourth-order valence-electron chi connectivity index (χ4n) is 2.62. The molecular formula is C21H27N3O2S. The summed E-state index contributed by atoms with van der Waals surface area (Å²) in [6.07, 6.45) is 1.97. The Morgan fingerprint density at radius 3 is 2.41 bits per heavy atom. The molecule has 0 bridgehead atoms. The Hall–Kier alpha value is -2.31. The zero-order valence-electron chi connectivity index (χ0n) is 16.5. The number of hydrogen-bond acceptors (Lipinski definition) is 4. The molecule has 0 aliphatic rings. The van der Waals surface area contributed by atoms with Crippen molar-refractivity contribution in [3.05, 3.63) is 53.6 Å². The fraction of sp³-hybridized carbons (Fsp3) is 0.333. The lowest BCUT2D eigenvalue weighted by Gasteiger charge is -2.24. The van der Waals surface area contributed by atoms with Gasteiger partial charge in [0.25, 0.3) is 0 Å². The summed E-state index contributed by atoms with van der Waals surface area (Å²) < 4.78 is 0. The Morgan fingerprint density at radius 2 is 1.70 bits per heavy atom. The predicted octanol–water partition coefficient (Wildman–Crippen LogP) is 3.92. The monoisotopic (exact) mass is 385 g/mol. The van der Waals surface area contributed by atoms with Crippen LogP contribution in [0.3, 0.4) is 0 Å². The van der Waals surface area contributed by atoms with Crippen molar-refractivity contribution in [1.82, 2.24) is 4.90 Å². The molecule has 5 nitrogen and oxygen atoms in total. The lowest BCUT2D eigenvalue weighted by atomic mass is 10.1. The Kier molecular flexibility index (Phi) is 7.45. The number of nitrogens with zero attached hydrogens (tertiary/aromatic N) is 1. The third-order valence-electron chi connectivity index (χ3n) is 4.68. The maximum absolute atomic E-state index is 12.6. The van der Waals surface area contributed by atoms with Crippen molar-refractivity contribution >= 4 is 35.0 Å². The second-order valence-electron chi connectivity index (χ2n) is 6.58. The third-order valence-corrected chi connectivity index (χ3v) is 5.47. The SMILES string of the molecule is CSc1ccccc1NC(=O)C(C)N(C)CC(=O)Nc1cccc(C)c1C. The molecule has 6 heteroatoms. The summed E-state index contributed by atoms with van der Waals surface area (Å²) in [7, 11) is 1.77. The van der Waals surface area contributed by atoms with Gasteiger partial charge in [0.2, 0.25) is 11.8 Å². The lowest BCUT2D eigenvalue weighted by molar-refractivity contribution is -0.122. The molecule has 27 heavy (non-hydrogen) atoms. The largest absolute Gasteiger partial charge is 0.325 e. The highest BCUT2D eigenvalue weighted by Crippen LogP contribution is 2.25. The van der Waals surface area contributed by atoms with Crippen molar-refractivity contribution in [3.63, 3.8) is 0 Å². The van der Waals surface area contributed by atoms with E-state index in [9.17, 15) is 9.59 Å². The highest BCUT2D eigenvalue weighted by Gasteiger charge is 2.21. The summed E-state index contributed by atoms with van der Waals surface area (Å²) in [5.74, 6) is -0.283. The van der Waals surface area contributed by atoms with Crippen LogP contribution in [-0.2, 0) is 9.59 Å². The number of hydrogen-bond donors (Lipinski definition) is 2. The summed E-state index contributed by atoms with van der Waals surface area (Å²) in [4.78, 5) is 27.7. The van der Waals surface area contributed by atoms with Gasteiger partial charge in [0.1, 0.15) is 0 Å². The molecule has 0 spiro atoms. The number of benzene rings is 2. The van der Waals surface area contributed by atoms with Crippen molar-refractivity contribution in [2.75, 3.05) is 30.5 Å². The zero-order chi connectivity index (χ0) is 20.0. The van der Waals surface area contributed by atoms with E-state index in [0.29, 0.717) is 0 Å². The van der Waals surface area contributed by atoms with Gasteiger partial charge >= 0.3 is 0 Å². The first-order chi connectivity index (χ1) is 12.8. The number of rotatable bonds is 7. The fourth-order valence-corrected chi connectivity index (χ4v) is 3.18. The van der Waals surface area contributed by atoms with Gasteiger partial charge in [-0.15, -0.1) is 11.8 Å². The highest BCUT2D eigenvalue weighted by atomic mass is 32.2. The van der Waals surface area contributed by atoms with Crippen LogP contribution in [0.5, 0.6) is 0 Å². The van der Waals surface area contributed by atoms with E-state index in [1.165, 1.54) is 0 Å². The van der Waals surface area contributed by atoms with Gasteiger partial charge in [-0.25, -0.2) is 0 Å². The summed E-state index contributed by atoms with van der Waals surface area (Å²) in [6, 6.07) is 13.0. The topological polar surface area (TPSA) is 61.4 Å². The van der Waals surface area contributed by atoms with Gasteiger partial charge in [-0.3, -0.25) is 14.5 Å².